The van der Waals surface area contributed by atoms with E-state index >= 15 is 0 Å². The number of nitriles is 1. The molecular formula is C35H50N6O9. The van der Waals surface area contributed by atoms with Gasteiger partial charge in [0.1, 0.15) is 48.4 Å². The van der Waals surface area contributed by atoms with E-state index in [9.17, 15) is 29.5 Å². The fourth-order valence-electron chi connectivity index (χ4n) is 6.18. The molecule has 2 aromatic rings. The van der Waals surface area contributed by atoms with Crippen molar-refractivity contribution in [2.24, 2.45) is 17.8 Å². The normalized spacial score (nSPS) is 23.9. The van der Waals surface area contributed by atoms with E-state index in [0.29, 0.717) is 11.9 Å². The van der Waals surface area contributed by atoms with Gasteiger partial charge in [-0.25, -0.2) is 19.1 Å². The molecule has 2 aliphatic rings. The molecule has 0 aromatic carbocycles. The molecule has 50 heavy (non-hydrogen) atoms. The van der Waals surface area contributed by atoms with E-state index < -0.39 is 66.1 Å². The molecule has 0 bridgehead atoms. The summed E-state index contributed by atoms with van der Waals surface area (Å²) in [5.74, 6) is -2.01. The standard InChI is InChI=1S/C35H50N6O9/c1-8-21(4)31(44)40-30-23-14-15-25(41(23)38-19-37-30)35(18-36)29(43)28(24(49-35)17-47-26(42)16-22-12-10-9-11-13-22)48-32(45)27(20(2)3)39-33(46)50-34(5,6)7/h14-15,19-22,24,27-29,43H,8-13,16-17H2,1-7H3,(H,39,46)(H,37,38,40,44)/t21-,24-,27+,28-,29-,35+/m1/s1. The van der Waals surface area contributed by atoms with Crippen molar-refractivity contribution in [3.8, 4) is 6.07 Å². The zero-order valence-electron chi connectivity index (χ0n) is 29.9. The molecule has 3 heterocycles. The number of carbonyl (C=O) groups excluding carboxylic acids is 4. The van der Waals surface area contributed by atoms with Crippen LogP contribution in [0.2, 0.25) is 0 Å². The fourth-order valence-corrected chi connectivity index (χ4v) is 6.18. The third kappa shape index (κ3) is 8.89. The first-order chi connectivity index (χ1) is 23.6. The summed E-state index contributed by atoms with van der Waals surface area (Å²) in [6.45, 7) is 11.7. The van der Waals surface area contributed by atoms with Gasteiger partial charge in [-0.3, -0.25) is 9.59 Å². The Hall–Kier alpha value is -4.29. The van der Waals surface area contributed by atoms with Gasteiger partial charge < -0.3 is 34.7 Å². The van der Waals surface area contributed by atoms with Crippen molar-refractivity contribution < 1.29 is 43.2 Å². The van der Waals surface area contributed by atoms with Gasteiger partial charge >= 0.3 is 18.0 Å². The molecule has 2 fully saturated rings. The molecule has 6 atom stereocenters. The molecule has 2 aromatic heterocycles. The van der Waals surface area contributed by atoms with Crippen molar-refractivity contribution in [3.63, 3.8) is 0 Å². The van der Waals surface area contributed by atoms with Crippen LogP contribution in [-0.4, -0.2) is 80.2 Å². The molecule has 2 amide bonds. The van der Waals surface area contributed by atoms with Gasteiger partial charge in [0.2, 0.25) is 11.5 Å². The van der Waals surface area contributed by atoms with Crippen molar-refractivity contribution in [1.82, 2.24) is 19.9 Å². The number of ether oxygens (including phenoxy) is 4. The van der Waals surface area contributed by atoms with Crippen LogP contribution in [0.15, 0.2) is 18.5 Å². The van der Waals surface area contributed by atoms with E-state index in [1.54, 1.807) is 47.6 Å². The van der Waals surface area contributed by atoms with Gasteiger partial charge in [-0.1, -0.05) is 47.0 Å². The maximum atomic E-state index is 13.6. The van der Waals surface area contributed by atoms with E-state index in [1.807, 2.05) is 13.0 Å². The number of carbonyl (C=O) groups is 4. The number of rotatable bonds is 12. The lowest BCUT2D eigenvalue weighted by Gasteiger charge is -2.28. The molecule has 274 valence electrons. The Morgan fingerprint density at radius 3 is 2.48 bits per heavy atom. The summed E-state index contributed by atoms with van der Waals surface area (Å²) in [5.41, 5.74) is -2.62. The van der Waals surface area contributed by atoms with Gasteiger partial charge in [-0.05, 0) is 64.0 Å². The molecule has 4 rings (SSSR count). The van der Waals surface area contributed by atoms with E-state index in [0.717, 1.165) is 32.1 Å². The first-order valence-corrected chi connectivity index (χ1v) is 17.4. The van der Waals surface area contributed by atoms with Crippen LogP contribution in [0.4, 0.5) is 10.6 Å². The van der Waals surface area contributed by atoms with Crippen LogP contribution in [0.1, 0.15) is 99.1 Å². The summed E-state index contributed by atoms with van der Waals surface area (Å²) in [4.78, 5) is 56.0. The zero-order valence-corrected chi connectivity index (χ0v) is 29.9. The molecular weight excluding hydrogens is 648 g/mol. The molecule has 1 saturated carbocycles. The maximum absolute atomic E-state index is 13.6. The van der Waals surface area contributed by atoms with Crippen LogP contribution < -0.4 is 10.6 Å². The summed E-state index contributed by atoms with van der Waals surface area (Å²) in [5, 5.41) is 32.1. The number of aromatic nitrogens is 3. The maximum Gasteiger partial charge on any atom is 0.408 e. The van der Waals surface area contributed by atoms with E-state index in [-0.39, 0.29) is 35.7 Å². The molecule has 3 N–H and O–H groups in total. The van der Waals surface area contributed by atoms with Gasteiger partial charge in [0.15, 0.2) is 11.9 Å². The Balaban J connectivity index is 1.65. The van der Waals surface area contributed by atoms with Crippen LogP contribution in [0, 0.1) is 29.1 Å². The smallest absolute Gasteiger partial charge is 0.408 e. The largest absolute Gasteiger partial charge is 0.463 e. The van der Waals surface area contributed by atoms with Gasteiger partial charge in [0, 0.05) is 12.3 Å². The molecule has 0 radical (unpaired) electrons. The minimum atomic E-state index is -2.17. The highest BCUT2D eigenvalue weighted by Gasteiger charge is 2.60. The van der Waals surface area contributed by atoms with Crippen LogP contribution >= 0.6 is 0 Å². The average molecular weight is 699 g/mol. The Kier molecular flexibility index (Phi) is 12.4. The van der Waals surface area contributed by atoms with Crippen molar-refractivity contribution in [2.45, 2.75) is 129 Å². The number of amides is 2. The van der Waals surface area contributed by atoms with Crippen LogP contribution in [0.25, 0.3) is 5.52 Å². The number of hydrogen-bond donors (Lipinski definition) is 3. The number of aliphatic hydroxyl groups excluding tert-OH is 1. The SMILES string of the molecule is CC[C@@H](C)C(=O)Nc1ncnn2c([C@]3(C#N)O[C@H](COC(=O)CC4CCCCC4)[C@@H](OC(=O)[C@@H](NC(=O)OC(C)(C)C)C(C)C)[C@H]3O)ccc12. The lowest BCUT2D eigenvalue weighted by Crippen LogP contribution is -2.50. The van der Waals surface area contributed by atoms with E-state index in [2.05, 4.69) is 20.7 Å². The third-order valence-electron chi connectivity index (χ3n) is 9.17. The Labute approximate surface area is 292 Å². The lowest BCUT2D eigenvalue weighted by molar-refractivity contribution is -0.163. The summed E-state index contributed by atoms with van der Waals surface area (Å²) in [6, 6.07) is 3.91. The van der Waals surface area contributed by atoms with Gasteiger partial charge in [0.05, 0.1) is 5.69 Å². The van der Waals surface area contributed by atoms with Crippen LogP contribution in [0.5, 0.6) is 0 Å². The monoisotopic (exact) mass is 698 g/mol. The number of nitrogens with zero attached hydrogens (tertiary/aromatic N) is 4. The highest BCUT2D eigenvalue weighted by molar-refractivity contribution is 5.95. The number of aliphatic hydroxyl groups is 1. The second kappa shape index (κ2) is 16.2. The van der Waals surface area contributed by atoms with E-state index in [1.165, 1.54) is 16.9 Å². The van der Waals surface area contributed by atoms with Gasteiger partial charge in [-0.2, -0.15) is 10.4 Å². The predicted octanol–water partition coefficient (Wildman–Crippen LogP) is 4.17. The van der Waals surface area contributed by atoms with Crippen molar-refractivity contribution in [2.75, 3.05) is 11.9 Å². The molecule has 1 aliphatic heterocycles. The second-order valence-corrected chi connectivity index (χ2v) is 14.5. The van der Waals surface area contributed by atoms with Crippen molar-refractivity contribution >= 4 is 35.3 Å². The molecule has 15 nitrogen and oxygen atoms in total. The summed E-state index contributed by atoms with van der Waals surface area (Å²) >= 11 is 0. The molecule has 1 aliphatic carbocycles. The fraction of sp³-hybridized carbons (Fsp3) is 0.686. The number of esters is 2. The second-order valence-electron chi connectivity index (χ2n) is 14.5. The Morgan fingerprint density at radius 1 is 1.16 bits per heavy atom. The quantitative estimate of drug-likeness (QED) is 0.211. The number of hydrogen-bond acceptors (Lipinski definition) is 12. The van der Waals surface area contributed by atoms with Gasteiger partial charge in [0.25, 0.3) is 0 Å². The number of alkyl carbamates (subject to hydrolysis) is 1. The summed E-state index contributed by atoms with van der Waals surface area (Å²) < 4.78 is 24.3. The Bertz CT molecular complexity index is 1570. The van der Waals surface area contributed by atoms with Crippen molar-refractivity contribution in [1.29, 1.82) is 5.26 Å². The van der Waals surface area contributed by atoms with E-state index in [4.69, 9.17) is 18.9 Å². The number of fused-ring (bicyclic) bond motifs is 1. The number of nitrogens with one attached hydrogen (secondary N) is 2. The van der Waals surface area contributed by atoms with Crippen molar-refractivity contribution in [3.05, 3.63) is 24.2 Å². The molecule has 0 unspecified atom stereocenters. The summed E-state index contributed by atoms with van der Waals surface area (Å²) in [6.07, 6.45) is 1.64. The molecule has 1 saturated heterocycles. The number of anilines is 1. The predicted molar refractivity (Wildman–Crippen MR) is 179 cm³/mol. The Morgan fingerprint density at radius 2 is 1.86 bits per heavy atom. The average Bonchev–Trinajstić information content (AvgIpc) is 3.61. The summed E-state index contributed by atoms with van der Waals surface area (Å²) in [7, 11) is 0. The van der Waals surface area contributed by atoms with Crippen LogP contribution in [0.3, 0.4) is 0 Å². The lowest BCUT2D eigenvalue weighted by atomic mass is 9.87. The third-order valence-corrected chi connectivity index (χ3v) is 9.17. The zero-order chi connectivity index (χ0) is 36.8. The van der Waals surface area contributed by atoms with Gasteiger partial charge in [-0.15, -0.1) is 0 Å². The highest BCUT2D eigenvalue weighted by Crippen LogP contribution is 2.42. The minimum Gasteiger partial charge on any atom is -0.463 e. The molecule has 0 spiro atoms. The first kappa shape index (κ1) is 38.5. The molecule has 15 heteroatoms. The first-order valence-electron chi connectivity index (χ1n) is 17.4. The van der Waals surface area contributed by atoms with Crippen LogP contribution in [-0.2, 0) is 38.9 Å². The highest BCUT2D eigenvalue weighted by atomic mass is 16.6. The topological polar surface area (TPSA) is 203 Å². The minimum absolute atomic E-state index is 0.0632.